The molecule has 3 fully saturated rings. The third-order valence-electron chi connectivity index (χ3n) is 11.0. The van der Waals surface area contributed by atoms with Gasteiger partial charge in [0.15, 0.2) is 6.29 Å². The fourth-order valence-electron chi connectivity index (χ4n) is 8.22. The first-order valence-electron chi connectivity index (χ1n) is 16.2. The Morgan fingerprint density at radius 2 is 1.80 bits per heavy atom. The number of allylic oxidation sites excluding steroid dienone is 2. The molecule has 13 atom stereocenters. The lowest BCUT2D eigenvalue weighted by atomic mass is 9.68. The van der Waals surface area contributed by atoms with Crippen LogP contribution < -0.4 is 0 Å². The zero-order valence-corrected chi connectivity index (χ0v) is 27.3. The fourth-order valence-corrected chi connectivity index (χ4v) is 8.22. The van der Waals surface area contributed by atoms with E-state index in [1.165, 1.54) is 12.7 Å². The predicted octanol–water partition coefficient (Wildman–Crippen LogP) is 1.48. The molecule has 44 heavy (non-hydrogen) atoms. The van der Waals surface area contributed by atoms with E-state index in [-0.39, 0.29) is 43.7 Å². The van der Waals surface area contributed by atoms with Crippen molar-refractivity contribution in [3.63, 3.8) is 0 Å². The molecule has 2 heterocycles. The number of aliphatic hydroxyl groups excluding tert-OH is 4. The van der Waals surface area contributed by atoms with Crippen LogP contribution in [0.3, 0.4) is 0 Å². The number of fused-ring (bicyclic) bond motifs is 2. The van der Waals surface area contributed by atoms with Gasteiger partial charge in [-0.3, -0.25) is 0 Å². The number of hydrogen-bond acceptors (Lipinski definition) is 11. The Hall–Kier alpha value is -0.960. The lowest BCUT2D eigenvalue weighted by Crippen LogP contribution is -2.63. The van der Waals surface area contributed by atoms with Gasteiger partial charge in [0.2, 0.25) is 0 Å². The van der Waals surface area contributed by atoms with E-state index in [4.69, 9.17) is 28.4 Å². The molecule has 0 radical (unpaired) electrons. The van der Waals surface area contributed by atoms with E-state index in [9.17, 15) is 25.5 Å². The van der Waals surface area contributed by atoms with Gasteiger partial charge in [0.05, 0.1) is 32.5 Å². The van der Waals surface area contributed by atoms with E-state index in [0.29, 0.717) is 19.4 Å². The van der Waals surface area contributed by atoms with Crippen LogP contribution in [0, 0.1) is 23.2 Å². The van der Waals surface area contributed by atoms with Crippen molar-refractivity contribution in [2.75, 3.05) is 40.6 Å². The average Bonchev–Trinajstić information content (AvgIpc) is 3.72. The van der Waals surface area contributed by atoms with Crippen LogP contribution >= 0.6 is 0 Å². The standard InChI is InChI=1S/C33H54O11/c1-17(2)19-8-10-31(4)12-21-20(9-11-33(21,38)16-40-7)18(3)25(35)29(24(19)31)43-30-27(37)26(36)28(22(42-30)13-39-6)44-32(5,15-34)23-14-41-23/h12,17-18,20,22-23,25-30,34-38H,8-11,13-16H2,1-7H3/b21-12+/t18-,20?,22-,23+,25-,26-,27-,28-,29-,30-,31-,32-,33+/m1/s1. The van der Waals surface area contributed by atoms with E-state index in [1.54, 1.807) is 14.0 Å². The molecule has 3 aliphatic carbocycles. The Morgan fingerprint density at radius 3 is 2.39 bits per heavy atom. The molecule has 0 aromatic carbocycles. The highest BCUT2D eigenvalue weighted by Gasteiger charge is 2.56. The highest BCUT2D eigenvalue weighted by Crippen LogP contribution is 2.56. The van der Waals surface area contributed by atoms with Gasteiger partial charge in [-0.1, -0.05) is 39.3 Å². The van der Waals surface area contributed by atoms with Crippen molar-refractivity contribution in [3.05, 3.63) is 22.8 Å². The first kappa shape index (κ1) is 34.4. The van der Waals surface area contributed by atoms with Gasteiger partial charge in [-0.2, -0.15) is 0 Å². The van der Waals surface area contributed by atoms with E-state index >= 15 is 0 Å². The highest BCUT2D eigenvalue weighted by atomic mass is 16.7. The Morgan fingerprint density at radius 1 is 1.09 bits per heavy atom. The van der Waals surface area contributed by atoms with Crippen molar-refractivity contribution in [1.29, 1.82) is 0 Å². The van der Waals surface area contributed by atoms with Crippen LogP contribution in [0.15, 0.2) is 22.8 Å². The molecule has 2 saturated heterocycles. The predicted molar refractivity (Wildman–Crippen MR) is 160 cm³/mol. The molecular weight excluding hydrogens is 572 g/mol. The van der Waals surface area contributed by atoms with Gasteiger partial charge in [0.1, 0.15) is 47.8 Å². The van der Waals surface area contributed by atoms with Gasteiger partial charge in [-0.05, 0) is 61.5 Å². The molecule has 1 saturated carbocycles. The smallest absolute Gasteiger partial charge is 0.187 e. The molecule has 2 aliphatic heterocycles. The third kappa shape index (κ3) is 6.08. The first-order chi connectivity index (χ1) is 20.7. The summed E-state index contributed by atoms with van der Waals surface area (Å²) in [6, 6.07) is 0. The van der Waals surface area contributed by atoms with Crippen LogP contribution in [-0.2, 0) is 28.4 Å². The minimum absolute atomic E-state index is 0.0366. The molecule has 1 unspecified atom stereocenters. The number of epoxide rings is 1. The number of aliphatic hydroxyl groups is 5. The SMILES string of the molecule is COC[C@H]1O[C@H](O[C@@H]2C3=C(C(C)C)CC[C@]3(C)/C=C3\C(CC[C@]3(O)COC)[C@@H](C)[C@H]2O)[C@H](O)[C@@H](O)[C@@H]1O[C@](C)(CO)[C@@H]1CO1. The van der Waals surface area contributed by atoms with Crippen molar-refractivity contribution in [3.8, 4) is 0 Å². The Balaban J connectivity index is 1.50. The second-order valence-electron chi connectivity index (χ2n) is 14.5. The highest BCUT2D eigenvalue weighted by molar-refractivity contribution is 5.42. The second kappa shape index (κ2) is 12.9. The summed E-state index contributed by atoms with van der Waals surface area (Å²) in [6.07, 6.45) is -3.21. The number of hydrogen-bond donors (Lipinski definition) is 5. The number of ether oxygens (including phenoxy) is 6. The van der Waals surface area contributed by atoms with Gasteiger partial charge in [0, 0.05) is 19.6 Å². The van der Waals surface area contributed by atoms with Crippen molar-refractivity contribution >= 4 is 0 Å². The summed E-state index contributed by atoms with van der Waals surface area (Å²) in [5, 5.41) is 56.7. The summed E-state index contributed by atoms with van der Waals surface area (Å²) in [4.78, 5) is 0. The Labute approximate surface area is 261 Å². The van der Waals surface area contributed by atoms with Crippen molar-refractivity contribution in [2.45, 2.75) is 121 Å². The Bertz CT molecular complexity index is 1090. The maximum atomic E-state index is 12.1. The minimum atomic E-state index is -1.51. The fraction of sp³-hybridized carbons (Fsp3) is 0.879. The topological polar surface area (TPSA) is 160 Å². The largest absolute Gasteiger partial charge is 0.393 e. The van der Waals surface area contributed by atoms with Gasteiger partial charge >= 0.3 is 0 Å². The lowest BCUT2D eigenvalue weighted by molar-refractivity contribution is -0.334. The zero-order valence-electron chi connectivity index (χ0n) is 27.3. The van der Waals surface area contributed by atoms with Crippen LogP contribution in [0.4, 0.5) is 0 Å². The van der Waals surface area contributed by atoms with E-state index in [2.05, 4.69) is 26.8 Å². The maximum absolute atomic E-state index is 12.1. The summed E-state index contributed by atoms with van der Waals surface area (Å²) in [7, 11) is 3.10. The summed E-state index contributed by atoms with van der Waals surface area (Å²) < 4.78 is 35.4. The van der Waals surface area contributed by atoms with Crippen molar-refractivity contribution in [2.24, 2.45) is 23.2 Å². The molecule has 0 bridgehead atoms. The first-order valence-corrected chi connectivity index (χ1v) is 16.2. The normalized spacial score (nSPS) is 46.6. The summed E-state index contributed by atoms with van der Waals surface area (Å²) in [5.74, 6) is -0.193. The van der Waals surface area contributed by atoms with Gasteiger partial charge in [0.25, 0.3) is 0 Å². The molecule has 11 nitrogen and oxygen atoms in total. The molecule has 11 heteroatoms. The van der Waals surface area contributed by atoms with Crippen LogP contribution in [0.5, 0.6) is 0 Å². The maximum Gasteiger partial charge on any atom is 0.187 e. The average molecular weight is 627 g/mol. The zero-order chi connectivity index (χ0) is 32.2. The second-order valence-corrected chi connectivity index (χ2v) is 14.5. The van der Waals surface area contributed by atoms with Gasteiger partial charge in [-0.15, -0.1) is 0 Å². The number of rotatable bonds is 11. The summed E-state index contributed by atoms with van der Waals surface area (Å²) >= 11 is 0. The molecule has 0 aromatic rings. The van der Waals surface area contributed by atoms with Crippen molar-refractivity contribution in [1.82, 2.24) is 0 Å². The number of methoxy groups -OCH3 is 2. The van der Waals surface area contributed by atoms with Crippen LogP contribution in [0.25, 0.3) is 0 Å². The van der Waals surface area contributed by atoms with Gasteiger partial charge < -0.3 is 54.0 Å². The molecule has 0 amide bonds. The molecule has 252 valence electrons. The quantitative estimate of drug-likeness (QED) is 0.167. The van der Waals surface area contributed by atoms with Crippen LogP contribution in [0.2, 0.25) is 0 Å². The van der Waals surface area contributed by atoms with E-state index in [0.717, 1.165) is 24.0 Å². The van der Waals surface area contributed by atoms with Gasteiger partial charge in [-0.25, -0.2) is 0 Å². The summed E-state index contributed by atoms with van der Waals surface area (Å²) in [5.41, 5.74) is 0.322. The molecule has 5 rings (SSSR count). The summed E-state index contributed by atoms with van der Waals surface area (Å²) in [6.45, 7) is 10.4. The lowest BCUT2D eigenvalue weighted by Gasteiger charge is -2.48. The molecular formula is C33H54O11. The Kier molecular flexibility index (Phi) is 10.1. The monoisotopic (exact) mass is 626 g/mol. The van der Waals surface area contributed by atoms with Crippen LogP contribution in [-0.4, -0.2) is 126 Å². The van der Waals surface area contributed by atoms with Crippen molar-refractivity contribution < 1.29 is 54.0 Å². The van der Waals surface area contributed by atoms with Crippen LogP contribution in [0.1, 0.15) is 60.3 Å². The van der Waals surface area contributed by atoms with E-state index in [1.807, 2.05) is 6.92 Å². The molecule has 5 aliphatic rings. The molecule has 0 spiro atoms. The molecule has 0 aromatic heterocycles. The molecule has 5 N–H and O–H groups in total. The van der Waals surface area contributed by atoms with E-state index < -0.39 is 59.5 Å². The third-order valence-corrected chi connectivity index (χ3v) is 11.0. The minimum Gasteiger partial charge on any atom is -0.393 e.